The van der Waals surface area contributed by atoms with Gasteiger partial charge in [-0.15, -0.1) is 0 Å². The number of benzene rings is 1. The summed E-state index contributed by atoms with van der Waals surface area (Å²) < 4.78 is 0. The molecule has 1 aromatic rings. The van der Waals surface area contributed by atoms with Gasteiger partial charge in [0.1, 0.15) is 0 Å². The third kappa shape index (κ3) is 3.02. The van der Waals surface area contributed by atoms with Crippen LogP contribution in [-0.2, 0) is 4.79 Å². The predicted octanol–water partition coefficient (Wildman–Crippen LogP) is 3.60. The number of carbonyl (C=O) groups excluding carboxylic acids is 1. The van der Waals surface area contributed by atoms with Gasteiger partial charge in [0.25, 0.3) is 0 Å². The van der Waals surface area contributed by atoms with Crippen LogP contribution in [0.25, 0.3) is 0 Å². The summed E-state index contributed by atoms with van der Waals surface area (Å²) in [4.78, 5) is 13.8. The highest BCUT2D eigenvalue weighted by atomic mass is 32.1. The lowest BCUT2D eigenvalue weighted by atomic mass is 9.95. The maximum atomic E-state index is 11.9. The molecular formula is C19H25N3OS. The first kappa shape index (κ1) is 15.9. The number of thiocarbonyl (C=S) groups is 1. The predicted molar refractivity (Wildman–Crippen MR) is 101 cm³/mol. The summed E-state index contributed by atoms with van der Waals surface area (Å²) >= 11 is 5.50. The largest absolute Gasteiger partial charge is 0.359 e. The molecule has 4 rings (SSSR count). The maximum absolute atomic E-state index is 11.9. The fraction of sp³-hybridized carbons (Fsp3) is 0.579. The second-order valence-electron chi connectivity index (χ2n) is 7.53. The van der Waals surface area contributed by atoms with Crippen LogP contribution < -0.4 is 15.5 Å². The van der Waals surface area contributed by atoms with E-state index in [1.54, 1.807) is 0 Å². The molecule has 4 nitrogen and oxygen atoms in total. The third-order valence-electron chi connectivity index (χ3n) is 5.87. The molecule has 5 heteroatoms. The second-order valence-corrected chi connectivity index (χ2v) is 7.94. The SMILES string of the molecule is Cc1cc(NC(=S)N[C@H]2C[C@@H]3CC[C@@H]2C3)ccc1N1CCCC1=O. The van der Waals surface area contributed by atoms with Crippen LogP contribution >= 0.6 is 12.2 Å². The van der Waals surface area contributed by atoms with E-state index in [0.29, 0.717) is 12.5 Å². The standard InChI is InChI=1S/C19H25N3OS/c1-12-9-15(6-7-17(12)22-8-2-3-18(22)23)20-19(24)21-16-11-13-4-5-14(16)10-13/h6-7,9,13-14,16H,2-5,8,10-11H2,1H3,(H2,20,21,24)/t13-,14-,16+/m1/s1. The van der Waals surface area contributed by atoms with Gasteiger partial charge < -0.3 is 15.5 Å². The summed E-state index contributed by atoms with van der Waals surface area (Å²) in [5.74, 6) is 1.95. The van der Waals surface area contributed by atoms with Crippen molar-refractivity contribution in [2.45, 2.75) is 51.5 Å². The van der Waals surface area contributed by atoms with Gasteiger partial charge in [0.2, 0.25) is 5.91 Å². The second kappa shape index (κ2) is 6.36. The molecule has 0 aromatic heterocycles. The minimum absolute atomic E-state index is 0.229. The van der Waals surface area contributed by atoms with Gasteiger partial charge in [-0.05, 0) is 80.4 Å². The summed E-state index contributed by atoms with van der Waals surface area (Å²) in [6.45, 7) is 2.88. The number of hydrogen-bond donors (Lipinski definition) is 2. The molecule has 0 radical (unpaired) electrons. The quantitative estimate of drug-likeness (QED) is 0.823. The van der Waals surface area contributed by atoms with Crippen molar-refractivity contribution in [3.05, 3.63) is 23.8 Å². The van der Waals surface area contributed by atoms with Gasteiger partial charge in [-0.3, -0.25) is 4.79 Å². The van der Waals surface area contributed by atoms with Gasteiger partial charge in [-0.25, -0.2) is 0 Å². The van der Waals surface area contributed by atoms with Crippen molar-refractivity contribution in [1.29, 1.82) is 0 Å². The molecule has 2 bridgehead atoms. The van der Waals surface area contributed by atoms with Gasteiger partial charge in [0.05, 0.1) is 0 Å². The summed E-state index contributed by atoms with van der Waals surface area (Å²) in [6, 6.07) is 6.67. The maximum Gasteiger partial charge on any atom is 0.227 e. The van der Waals surface area contributed by atoms with Crippen LogP contribution in [0.15, 0.2) is 18.2 Å². The number of rotatable bonds is 3. The minimum Gasteiger partial charge on any atom is -0.359 e. The zero-order valence-electron chi connectivity index (χ0n) is 14.2. The van der Waals surface area contributed by atoms with Gasteiger partial charge in [-0.2, -0.15) is 0 Å². The first-order chi connectivity index (χ1) is 11.6. The van der Waals surface area contributed by atoms with Crippen molar-refractivity contribution in [1.82, 2.24) is 5.32 Å². The van der Waals surface area contributed by atoms with Crippen molar-refractivity contribution in [3.8, 4) is 0 Å². The Morgan fingerprint density at radius 1 is 1.29 bits per heavy atom. The van der Waals surface area contributed by atoms with E-state index in [1.165, 1.54) is 25.7 Å². The van der Waals surface area contributed by atoms with Crippen molar-refractivity contribution >= 4 is 34.6 Å². The van der Waals surface area contributed by atoms with Crippen LogP contribution in [0.2, 0.25) is 0 Å². The monoisotopic (exact) mass is 343 g/mol. The molecule has 128 valence electrons. The molecule has 0 unspecified atom stereocenters. The first-order valence-corrected chi connectivity index (χ1v) is 9.49. The molecule has 2 saturated carbocycles. The molecule has 1 heterocycles. The number of anilines is 2. The average Bonchev–Trinajstić information content (AvgIpc) is 3.24. The third-order valence-corrected chi connectivity index (χ3v) is 6.09. The average molecular weight is 343 g/mol. The van der Waals surface area contributed by atoms with E-state index >= 15 is 0 Å². The van der Waals surface area contributed by atoms with E-state index in [-0.39, 0.29) is 5.91 Å². The fourth-order valence-electron chi connectivity index (χ4n) is 4.70. The molecule has 2 aliphatic carbocycles. The number of fused-ring (bicyclic) bond motifs is 2. The molecule has 3 aliphatic rings. The Bertz CT molecular complexity index is 675. The molecule has 1 amide bonds. The van der Waals surface area contributed by atoms with E-state index in [2.05, 4.69) is 23.6 Å². The summed E-state index contributed by atoms with van der Waals surface area (Å²) in [6.07, 6.45) is 7.01. The van der Waals surface area contributed by atoms with Gasteiger partial charge in [-0.1, -0.05) is 6.42 Å². The Kier molecular flexibility index (Phi) is 4.21. The first-order valence-electron chi connectivity index (χ1n) is 9.08. The van der Waals surface area contributed by atoms with Crippen molar-refractivity contribution in [3.63, 3.8) is 0 Å². The molecule has 24 heavy (non-hydrogen) atoms. The smallest absolute Gasteiger partial charge is 0.227 e. The number of hydrogen-bond acceptors (Lipinski definition) is 2. The number of amides is 1. The Balaban J connectivity index is 1.38. The highest BCUT2D eigenvalue weighted by Crippen LogP contribution is 2.44. The van der Waals surface area contributed by atoms with Gasteiger partial charge in [0.15, 0.2) is 5.11 Å². The molecular weight excluding hydrogens is 318 g/mol. The van der Waals surface area contributed by atoms with Crippen LogP contribution in [-0.4, -0.2) is 23.6 Å². The highest BCUT2D eigenvalue weighted by Gasteiger charge is 2.39. The zero-order chi connectivity index (χ0) is 16.7. The summed E-state index contributed by atoms with van der Waals surface area (Å²) in [7, 11) is 0. The Labute approximate surface area is 149 Å². The van der Waals surface area contributed by atoms with E-state index < -0.39 is 0 Å². The lowest BCUT2D eigenvalue weighted by molar-refractivity contribution is -0.117. The van der Waals surface area contributed by atoms with E-state index in [9.17, 15) is 4.79 Å². The molecule has 1 saturated heterocycles. The normalized spacial score (nSPS) is 28.5. The Hall–Kier alpha value is -1.62. The van der Waals surface area contributed by atoms with Crippen molar-refractivity contribution in [2.24, 2.45) is 11.8 Å². The zero-order valence-corrected chi connectivity index (χ0v) is 15.0. The molecule has 1 aromatic carbocycles. The van der Waals surface area contributed by atoms with Crippen LogP contribution in [0.5, 0.6) is 0 Å². The van der Waals surface area contributed by atoms with Crippen LogP contribution in [0, 0.1) is 18.8 Å². The van der Waals surface area contributed by atoms with Gasteiger partial charge in [0, 0.05) is 30.4 Å². The van der Waals surface area contributed by atoms with Crippen LogP contribution in [0.4, 0.5) is 11.4 Å². The summed E-state index contributed by atoms with van der Waals surface area (Å²) in [5.41, 5.74) is 3.12. The van der Waals surface area contributed by atoms with Crippen LogP contribution in [0.1, 0.15) is 44.1 Å². The van der Waals surface area contributed by atoms with E-state index in [4.69, 9.17) is 12.2 Å². The van der Waals surface area contributed by atoms with Gasteiger partial charge >= 0.3 is 0 Å². The molecule has 1 aliphatic heterocycles. The van der Waals surface area contributed by atoms with E-state index in [0.717, 1.165) is 46.9 Å². The molecule has 3 atom stereocenters. The van der Waals surface area contributed by atoms with Crippen LogP contribution in [0.3, 0.4) is 0 Å². The number of nitrogens with one attached hydrogen (secondary N) is 2. The number of aryl methyl sites for hydroxylation is 1. The topological polar surface area (TPSA) is 44.4 Å². The number of nitrogens with zero attached hydrogens (tertiary/aromatic N) is 1. The minimum atomic E-state index is 0.229. The molecule has 3 fully saturated rings. The Morgan fingerprint density at radius 2 is 2.17 bits per heavy atom. The highest BCUT2D eigenvalue weighted by molar-refractivity contribution is 7.80. The lowest BCUT2D eigenvalue weighted by Crippen LogP contribution is -2.40. The van der Waals surface area contributed by atoms with Crippen molar-refractivity contribution in [2.75, 3.05) is 16.8 Å². The summed E-state index contributed by atoms with van der Waals surface area (Å²) in [5, 5.41) is 7.55. The number of carbonyl (C=O) groups is 1. The van der Waals surface area contributed by atoms with E-state index in [1.807, 2.05) is 17.0 Å². The molecule has 0 spiro atoms. The molecule has 2 N–H and O–H groups in total. The lowest BCUT2D eigenvalue weighted by Gasteiger charge is -2.25. The van der Waals surface area contributed by atoms with Crippen molar-refractivity contribution < 1.29 is 4.79 Å². The fourth-order valence-corrected chi connectivity index (χ4v) is 4.97. The Morgan fingerprint density at radius 3 is 2.79 bits per heavy atom.